The minimum absolute atomic E-state index is 0.108. The van der Waals surface area contributed by atoms with Crippen LogP contribution in [0.3, 0.4) is 0 Å². The van der Waals surface area contributed by atoms with Crippen LogP contribution in [0.1, 0.15) is 27.0 Å². The van der Waals surface area contributed by atoms with Crippen LogP contribution in [-0.2, 0) is 11.2 Å². The number of halogens is 1. The fraction of sp³-hybridized carbons (Fsp3) is 0.263. The van der Waals surface area contributed by atoms with Crippen molar-refractivity contribution in [1.82, 2.24) is 10.6 Å². The van der Waals surface area contributed by atoms with E-state index < -0.39 is 0 Å². The van der Waals surface area contributed by atoms with Crippen molar-refractivity contribution in [2.75, 3.05) is 13.1 Å². The summed E-state index contributed by atoms with van der Waals surface area (Å²) in [4.78, 5) is 23.8. The Hall–Kier alpha value is -2.69. The molecule has 0 saturated heterocycles. The van der Waals surface area contributed by atoms with E-state index in [9.17, 15) is 14.0 Å². The van der Waals surface area contributed by atoms with E-state index in [0.29, 0.717) is 24.1 Å². The van der Waals surface area contributed by atoms with Crippen molar-refractivity contribution in [3.63, 3.8) is 0 Å². The van der Waals surface area contributed by atoms with E-state index in [0.717, 1.165) is 11.1 Å². The summed E-state index contributed by atoms with van der Waals surface area (Å²) in [5, 5.41) is 5.25. The number of benzene rings is 2. The highest BCUT2D eigenvalue weighted by atomic mass is 19.1. The minimum Gasteiger partial charge on any atom is -0.354 e. The van der Waals surface area contributed by atoms with Crippen LogP contribution in [0.4, 0.5) is 4.39 Å². The van der Waals surface area contributed by atoms with E-state index in [1.165, 1.54) is 6.07 Å². The molecule has 2 rings (SSSR count). The molecular weight excluding hydrogens is 307 g/mol. The number of amides is 2. The molecule has 0 bridgehead atoms. The normalized spacial score (nSPS) is 10.3. The second-order valence-electron chi connectivity index (χ2n) is 5.67. The van der Waals surface area contributed by atoms with Crippen LogP contribution in [0.25, 0.3) is 0 Å². The topological polar surface area (TPSA) is 58.2 Å². The van der Waals surface area contributed by atoms with Gasteiger partial charge in [0.05, 0.1) is 6.54 Å². The maximum absolute atomic E-state index is 13.4. The number of carbonyl (C=O) groups is 2. The summed E-state index contributed by atoms with van der Waals surface area (Å²) in [6.45, 7) is 4.11. The summed E-state index contributed by atoms with van der Waals surface area (Å²) in [6, 6.07) is 11.8. The summed E-state index contributed by atoms with van der Waals surface area (Å²) in [7, 11) is 0. The van der Waals surface area contributed by atoms with E-state index in [1.54, 1.807) is 30.3 Å². The minimum atomic E-state index is -0.302. The van der Waals surface area contributed by atoms with Crippen molar-refractivity contribution in [3.05, 3.63) is 70.5 Å². The summed E-state index contributed by atoms with van der Waals surface area (Å²) >= 11 is 0. The lowest BCUT2D eigenvalue weighted by Gasteiger charge is -2.08. The van der Waals surface area contributed by atoms with E-state index in [-0.39, 0.29) is 24.2 Å². The van der Waals surface area contributed by atoms with Crippen LogP contribution in [0.2, 0.25) is 0 Å². The van der Waals surface area contributed by atoms with E-state index in [2.05, 4.69) is 10.6 Å². The molecule has 0 unspecified atom stereocenters. The first-order valence-electron chi connectivity index (χ1n) is 7.83. The van der Waals surface area contributed by atoms with Crippen LogP contribution < -0.4 is 10.6 Å². The van der Waals surface area contributed by atoms with E-state index in [4.69, 9.17) is 0 Å². The van der Waals surface area contributed by atoms with Crippen molar-refractivity contribution >= 4 is 11.8 Å². The predicted octanol–water partition coefficient (Wildman–Crippen LogP) is 2.53. The zero-order valence-electron chi connectivity index (χ0n) is 13.9. The number of rotatable bonds is 6. The molecule has 2 amide bonds. The summed E-state index contributed by atoms with van der Waals surface area (Å²) in [5.41, 5.74) is 3.21. The molecule has 0 aromatic heterocycles. The number of aryl methyl sites for hydroxylation is 2. The summed E-state index contributed by atoms with van der Waals surface area (Å²) in [5.74, 6) is -0.874. The van der Waals surface area contributed by atoms with Gasteiger partial charge in [0, 0.05) is 12.1 Å². The van der Waals surface area contributed by atoms with Crippen molar-refractivity contribution in [2.45, 2.75) is 20.3 Å². The maximum Gasteiger partial charge on any atom is 0.251 e. The first-order chi connectivity index (χ1) is 11.5. The Kier molecular flexibility index (Phi) is 6.07. The van der Waals surface area contributed by atoms with Gasteiger partial charge in [0.1, 0.15) is 5.82 Å². The average Bonchev–Trinajstić information content (AvgIpc) is 2.57. The van der Waals surface area contributed by atoms with E-state index in [1.807, 2.05) is 19.9 Å². The Bertz CT molecular complexity index is 744. The van der Waals surface area contributed by atoms with Crippen LogP contribution in [0.15, 0.2) is 42.5 Å². The zero-order chi connectivity index (χ0) is 17.5. The van der Waals surface area contributed by atoms with Crippen molar-refractivity contribution in [3.8, 4) is 0 Å². The maximum atomic E-state index is 13.4. The molecule has 0 heterocycles. The second kappa shape index (κ2) is 8.24. The lowest BCUT2D eigenvalue weighted by Crippen LogP contribution is -2.37. The molecule has 0 aliphatic heterocycles. The Morgan fingerprint density at radius 1 is 1.00 bits per heavy atom. The van der Waals surface area contributed by atoms with Gasteiger partial charge in [-0.25, -0.2) is 4.39 Å². The average molecular weight is 328 g/mol. The van der Waals surface area contributed by atoms with Crippen molar-refractivity contribution < 1.29 is 14.0 Å². The summed E-state index contributed by atoms with van der Waals surface area (Å²) in [6.07, 6.45) is 0.406. The standard InChI is InChI=1S/C19H21FN2O2/c1-13-7-8-16(11-14(13)2)19(24)22-12-18(23)21-10-9-15-5-3-4-6-17(15)20/h3-8,11H,9-10,12H2,1-2H3,(H,21,23)(H,22,24). The molecule has 0 spiro atoms. The van der Waals surface area contributed by atoms with Crippen LogP contribution in [0, 0.1) is 19.7 Å². The summed E-state index contributed by atoms with van der Waals surface area (Å²) < 4.78 is 13.4. The third kappa shape index (κ3) is 4.91. The van der Waals surface area contributed by atoms with Gasteiger partial charge in [-0.2, -0.15) is 0 Å². The molecule has 0 radical (unpaired) electrons. The highest BCUT2D eigenvalue weighted by Crippen LogP contribution is 2.09. The fourth-order valence-corrected chi connectivity index (χ4v) is 2.25. The quantitative estimate of drug-likeness (QED) is 0.856. The molecule has 5 heteroatoms. The van der Waals surface area contributed by atoms with Crippen LogP contribution >= 0.6 is 0 Å². The molecule has 24 heavy (non-hydrogen) atoms. The third-order valence-electron chi connectivity index (χ3n) is 3.85. The zero-order valence-corrected chi connectivity index (χ0v) is 13.9. The molecule has 0 aliphatic rings. The monoisotopic (exact) mass is 328 g/mol. The molecule has 2 N–H and O–H groups in total. The predicted molar refractivity (Wildman–Crippen MR) is 91.4 cm³/mol. The largest absolute Gasteiger partial charge is 0.354 e. The van der Waals surface area contributed by atoms with Gasteiger partial charge in [0.15, 0.2) is 0 Å². The second-order valence-corrected chi connectivity index (χ2v) is 5.67. The van der Waals surface area contributed by atoms with Gasteiger partial charge in [-0.05, 0) is 55.2 Å². The Balaban J connectivity index is 1.75. The van der Waals surface area contributed by atoms with Crippen LogP contribution in [-0.4, -0.2) is 24.9 Å². The molecule has 0 saturated carbocycles. The van der Waals surface area contributed by atoms with Gasteiger partial charge < -0.3 is 10.6 Å². The van der Waals surface area contributed by atoms with Gasteiger partial charge in [-0.1, -0.05) is 24.3 Å². The van der Waals surface area contributed by atoms with Crippen LogP contribution in [0.5, 0.6) is 0 Å². The van der Waals surface area contributed by atoms with Gasteiger partial charge in [-0.15, -0.1) is 0 Å². The Morgan fingerprint density at radius 3 is 2.46 bits per heavy atom. The molecule has 0 fully saturated rings. The molecule has 2 aromatic rings. The van der Waals surface area contributed by atoms with Gasteiger partial charge in [0.2, 0.25) is 5.91 Å². The smallest absolute Gasteiger partial charge is 0.251 e. The molecule has 126 valence electrons. The Labute approximate surface area is 141 Å². The fourth-order valence-electron chi connectivity index (χ4n) is 2.25. The lowest BCUT2D eigenvalue weighted by molar-refractivity contribution is -0.120. The van der Waals surface area contributed by atoms with Gasteiger partial charge in [0.25, 0.3) is 5.91 Å². The first kappa shape index (κ1) is 17.7. The lowest BCUT2D eigenvalue weighted by atomic mass is 10.1. The number of nitrogens with one attached hydrogen (secondary N) is 2. The number of hydrogen-bond acceptors (Lipinski definition) is 2. The molecular formula is C19H21FN2O2. The van der Waals surface area contributed by atoms with Gasteiger partial charge >= 0.3 is 0 Å². The third-order valence-corrected chi connectivity index (χ3v) is 3.85. The van der Waals surface area contributed by atoms with Crippen molar-refractivity contribution in [1.29, 1.82) is 0 Å². The SMILES string of the molecule is Cc1ccc(C(=O)NCC(=O)NCCc2ccccc2F)cc1C. The highest BCUT2D eigenvalue weighted by molar-refractivity contribution is 5.96. The number of carbonyl (C=O) groups excluding carboxylic acids is 2. The molecule has 2 aromatic carbocycles. The van der Waals surface area contributed by atoms with Gasteiger partial charge in [-0.3, -0.25) is 9.59 Å². The molecule has 0 aliphatic carbocycles. The number of hydrogen-bond donors (Lipinski definition) is 2. The molecule has 4 nitrogen and oxygen atoms in total. The molecule has 0 atom stereocenters. The Morgan fingerprint density at radius 2 is 1.75 bits per heavy atom. The first-order valence-corrected chi connectivity index (χ1v) is 7.83. The van der Waals surface area contributed by atoms with Crippen molar-refractivity contribution in [2.24, 2.45) is 0 Å². The van der Waals surface area contributed by atoms with E-state index >= 15 is 0 Å². The highest BCUT2D eigenvalue weighted by Gasteiger charge is 2.09.